The van der Waals surface area contributed by atoms with Gasteiger partial charge in [0.25, 0.3) is 0 Å². The number of phenolic OH excluding ortho intramolecular Hbond substituents is 1. The zero-order valence-electron chi connectivity index (χ0n) is 18.5. The maximum absolute atomic E-state index is 12.6. The molecule has 1 unspecified atom stereocenters. The number of rotatable bonds is 5. The summed E-state index contributed by atoms with van der Waals surface area (Å²) in [5.74, 6) is -0.00392. The molecule has 8 heteroatoms. The van der Waals surface area contributed by atoms with Crippen LogP contribution in [0.4, 0.5) is 10.5 Å². The van der Waals surface area contributed by atoms with Crippen molar-refractivity contribution in [1.82, 2.24) is 0 Å². The van der Waals surface area contributed by atoms with Crippen LogP contribution < -0.4 is 10.2 Å². The molecular formula is C27H22NO6P. The van der Waals surface area contributed by atoms with E-state index in [-0.39, 0.29) is 17.7 Å². The smallest absolute Gasteiger partial charge is 0.415 e. The zero-order valence-corrected chi connectivity index (χ0v) is 19.4. The highest BCUT2D eigenvalue weighted by molar-refractivity contribution is 7.60. The molecule has 4 aromatic rings. The van der Waals surface area contributed by atoms with Crippen LogP contribution in [0.5, 0.6) is 5.75 Å². The van der Waals surface area contributed by atoms with Crippen molar-refractivity contribution in [1.29, 1.82) is 0 Å². The number of hydrogen-bond acceptors (Lipinski definition) is 4. The maximum Gasteiger partial charge on any atom is 0.415 e. The van der Waals surface area contributed by atoms with E-state index in [0.717, 1.165) is 11.1 Å². The number of hydrogen-bond donors (Lipinski definition) is 3. The Labute approximate surface area is 202 Å². The first-order chi connectivity index (χ1) is 16.8. The van der Waals surface area contributed by atoms with Crippen LogP contribution in [0.2, 0.25) is 0 Å². The van der Waals surface area contributed by atoms with Crippen molar-refractivity contribution in [3.8, 4) is 28.0 Å². The molecule has 3 N–H and O–H groups in total. The number of phenols is 1. The average Bonchev–Trinajstić information content (AvgIpc) is 3.25. The number of benzene rings is 4. The molecule has 0 bridgehead atoms. The van der Waals surface area contributed by atoms with Gasteiger partial charge in [-0.25, -0.2) is 4.79 Å². The molecule has 0 spiro atoms. The van der Waals surface area contributed by atoms with Crippen molar-refractivity contribution >= 4 is 24.7 Å². The van der Waals surface area contributed by atoms with E-state index >= 15 is 0 Å². The molecule has 1 aliphatic rings. The topological polar surface area (TPSA) is 107 Å². The Bertz CT molecular complexity index is 1410. The van der Waals surface area contributed by atoms with Crippen molar-refractivity contribution in [2.45, 2.75) is 6.04 Å². The van der Waals surface area contributed by atoms with Crippen LogP contribution >= 0.6 is 7.60 Å². The highest BCUT2D eigenvalue weighted by Gasteiger charge is 2.36. The lowest BCUT2D eigenvalue weighted by atomic mass is 9.99. The molecule has 1 atom stereocenters. The predicted molar refractivity (Wildman–Crippen MR) is 134 cm³/mol. The molecule has 176 valence electrons. The fourth-order valence-corrected chi connectivity index (χ4v) is 4.77. The number of anilines is 1. The third-order valence-electron chi connectivity index (χ3n) is 6.05. The Morgan fingerprint density at radius 1 is 0.771 bits per heavy atom. The minimum absolute atomic E-state index is 0.00392. The summed E-state index contributed by atoms with van der Waals surface area (Å²) in [6.07, 6.45) is -0.487. The minimum Gasteiger partial charge on any atom is -0.508 e. The second kappa shape index (κ2) is 9.04. The number of carbonyl (C=O) groups is 1. The Morgan fingerprint density at radius 3 is 1.97 bits per heavy atom. The van der Waals surface area contributed by atoms with Crippen LogP contribution in [-0.2, 0) is 9.30 Å². The van der Waals surface area contributed by atoms with E-state index in [1.165, 1.54) is 17.0 Å². The summed E-state index contributed by atoms with van der Waals surface area (Å²) in [6, 6.07) is 28.0. The maximum atomic E-state index is 12.6. The second-order valence-corrected chi connectivity index (χ2v) is 9.84. The molecule has 1 heterocycles. The fraction of sp³-hybridized carbons (Fsp3) is 0.0741. The Morgan fingerprint density at radius 2 is 1.34 bits per heavy atom. The molecule has 0 radical (unpaired) electrons. The quantitative estimate of drug-likeness (QED) is 0.333. The highest BCUT2D eigenvalue weighted by Crippen LogP contribution is 2.39. The summed E-state index contributed by atoms with van der Waals surface area (Å²) in [5, 5.41) is 10.8. The molecule has 1 saturated heterocycles. The number of ether oxygens (including phenoxy) is 1. The largest absolute Gasteiger partial charge is 0.508 e. The first-order valence-electron chi connectivity index (χ1n) is 10.9. The van der Waals surface area contributed by atoms with Crippen LogP contribution in [0, 0.1) is 0 Å². The van der Waals surface area contributed by atoms with Crippen molar-refractivity contribution in [2.24, 2.45) is 0 Å². The van der Waals surface area contributed by atoms with Gasteiger partial charge < -0.3 is 19.6 Å². The van der Waals surface area contributed by atoms with Crippen LogP contribution in [0.15, 0.2) is 97.1 Å². The van der Waals surface area contributed by atoms with Gasteiger partial charge in [0, 0.05) is 11.3 Å². The number of cyclic esters (lactones) is 1. The molecule has 0 aliphatic carbocycles. The molecule has 1 aliphatic heterocycles. The van der Waals surface area contributed by atoms with Gasteiger partial charge in [0.05, 0.1) is 5.30 Å². The van der Waals surface area contributed by atoms with Crippen molar-refractivity contribution in [2.75, 3.05) is 11.5 Å². The third kappa shape index (κ3) is 4.57. The molecule has 1 fully saturated rings. The monoisotopic (exact) mass is 487 g/mol. The molecule has 1 amide bonds. The van der Waals surface area contributed by atoms with Crippen LogP contribution in [0.3, 0.4) is 0 Å². The minimum atomic E-state index is -4.32. The van der Waals surface area contributed by atoms with Crippen LogP contribution in [0.25, 0.3) is 22.3 Å². The van der Waals surface area contributed by atoms with Crippen molar-refractivity contribution in [3.63, 3.8) is 0 Å². The first kappa shape index (κ1) is 22.9. The highest BCUT2D eigenvalue weighted by atomic mass is 31.2. The molecule has 7 nitrogen and oxygen atoms in total. The third-order valence-corrected chi connectivity index (χ3v) is 7.02. The lowest BCUT2D eigenvalue weighted by Gasteiger charge is -2.23. The Hall–Kier alpha value is -3.90. The standard InChI is InChI=1S/C27H22NO6P/c29-26-16-21(20-8-13-23(14-9-20)35(31,32)33)10-15-24(26)25-17-34-27(30)28(25)22-11-6-19(7-12-22)18-4-2-1-3-5-18/h1-16,25,29H,17H2,(H2,31,32,33). The van der Waals surface area contributed by atoms with E-state index in [0.29, 0.717) is 22.4 Å². The van der Waals surface area contributed by atoms with Crippen LogP contribution in [0.1, 0.15) is 11.6 Å². The lowest BCUT2D eigenvalue weighted by Crippen LogP contribution is -2.27. The van der Waals surface area contributed by atoms with Gasteiger partial charge >= 0.3 is 13.7 Å². The summed E-state index contributed by atoms with van der Waals surface area (Å²) in [5.41, 5.74) is 4.66. The van der Waals surface area contributed by atoms with Gasteiger partial charge in [-0.05, 0) is 52.6 Å². The lowest BCUT2D eigenvalue weighted by molar-refractivity contribution is 0.178. The summed E-state index contributed by atoms with van der Waals surface area (Å²) in [4.78, 5) is 32.7. The molecular weight excluding hydrogens is 465 g/mol. The van der Waals surface area contributed by atoms with Gasteiger partial charge in [-0.1, -0.05) is 66.7 Å². The van der Waals surface area contributed by atoms with Gasteiger partial charge in [0.2, 0.25) is 0 Å². The van der Waals surface area contributed by atoms with Gasteiger partial charge in [-0.2, -0.15) is 0 Å². The molecule has 4 aromatic carbocycles. The van der Waals surface area contributed by atoms with Crippen molar-refractivity contribution < 1.29 is 29.0 Å². The SMILES string of the molecule is O=C1OCC(c2ccc(-c3ccc(P(=O)(O)O)cc3)cc2O)N1c1ccc(-c2ccccc2)cc1. The molecule has 5 rings (SSSR count). The normalized spacial score (nSPS) is 15.8. The molecule has 35 heavy (non-hydrogen) atoms. The van der Waals surface area contributed by atoms with Crippen LogP contribution in [-0.4, -0.2) is 27.6 Å². The second-order valence-electron chi connectivity index (χ2n) is 8.24. The van der Waals surface area contributed by atoms with E-state index < -0.39 is 19.7 Å². The predicted octanol–water partition coefficient (Wildman–Crippen LogP) is 5.23. The molecule has 0 saturated carbocycles. The van der Waals surface area contributed by atoms with Crippen molar-refractivity contribution in [3.05, 3.63) is 103 Å². The zero-order chi connectivity index (χ0) is 24.6. The van der Waals surface area contributed by atoms with E-state index in [1.807, 2.05) is 54.6 Å². The van der Waals surface area contributed by atoms with Gasteiger partial charge in [0.1, 0.15) is 18.4 Å². The average molecular weight is 487 g/mol. The number of amides is 1. The fourth-order valence-electron chi connectivity index (χ4n) is 4.23. The van der Waals surface area contributed by atoms with E-state index in [4.69, 9.17) is 4.74 Å². The summed E-state index contributed by atoms with van der Waals surface area (Å²) >= 11 is 0. The number of nitrogens with zero attached hydrogens (tertiary/aromatic N) is 1. The van der Waals surface area contributed by atoms with Gasteiger partial charge in [-0.3, -0.25) is 9.46 Å². The summed E-state index contributed by atoms with van der Waals surface area (Å²) in [7, 11) is -4.32. The van der Waals surface area contributed by atoms with E-state index in [1.54, 1.807) is 30.3 Å². The number of carbonyl (C=O) groups excluding carboxylic acids is 1. The molecule has 0 aromatic heterocycles. The van der Waals surface area contributed by atoms with E-state index in [9.17, 15) is 24.3 Å². The van der Waals surface area contributed by atoms with E-state index in [2.05, 4.69) is 0 Å². The first-order valence-corrected chi connectivity index (χ1v) is 12.5. The Kier molecular flexibility index (Phi) is 5.91. The Balaban J connectivity index is 1.42. The van der Waals surface area contributed by atoms with Gasteiger partial charge in [-0.15, -0.1) is 0 Å². The summed E-state index contributed by atoms with van der Waals surface area (Å²) in [6.45, 7) is 0.100. The number of aromatic hydroxyl groups is 1. The summed E-state index contributed by atoms with van der Waals surface area (Å²) < 4.78 is 16.7. The van der Waals surface area contributed by atoms with Gasteiger partial charge in [0.15, 0.2) is 0 Å².